The van der Waals surface area contributed by atoms with Gasteiger partial charge in [-0.25, -0.2) is 21.5 Å². The quantitative estimate of drug-likeness (QED) is 0.797. The van der Waals surface area contributed by atoms with E-state index in [-0.39, 0.29) is 23.7 Å². The van der Waals surface area contributed by atoms with Crippen molar-refractivity contribution in [2.75, 3.05) is 19.3 Å². The van der Waals surface area contributed by atoms with Crippen molar-refractivity contribution in [3.63, 3.8) is 0 Å². The summed E-state index contributed by atoms with van der Waals surface area (Å²) in [7, 11) is -3.42. The van der Waals surface area contributed by atoms with Crippen LogP contribution >= 0.6 is 11.6 Å². The number of halogens is 3. The molecule has 0 radical (unpaired) electrons. The Kier molecular flexibility index (Phi) is 4.49. The summed E-state index contributed by atoms with van der Waals surface area (Å²) in [6, 6.07) is 2.91. The number of H-pyrrole nitrogens is 1. The third kappa shape index (κ3) is 3.14. The van der Waals surface area contributed by atoms with Gasteiger partial charge in [0.15, 0.2) is 0 Å². The van der Waals surface area contributed by atoms with Crippen molar-refractivity contribution in [1.29, 1.82) is 0 Å². The van der Waals surface area contributed by atoms with Crippen LogP contribution in [0.2, 0.25) is 5.02 Å². The minimum Gasteiger partial charge on any atom is -0.382 e. The van der Waals surface area contributed by atoms with E-state index < -0.39 is 39.8 Å². The van der Waals surface area contributed by atoms with Crippen LogP contribution < -0.4 is 0 Å². The van der Waals surface area contributed by atoms with E-state index in [1.807, 2.05) is 0 Å². The number of hydrogen-bond acceptors (Lipinski definition) is 4. The van der Waals surface area contributed by atoms with Crippen molar-refractivity contribution in [3.8, 4) is 0 Å². The topological polar surface area (TPSA) is 86.3 Å². The molecule has 2 aliphatic rings. The molecule has 2 bridgehead atoms. The molecule has 1 aromatic carbocycles. The van der Waals surface area contributed by atoms with Gasteiger partial charge in [0.1, 0.15) is 6.10 Å². The molecule has 0 amide bonds. The normalized spacial score (nSPS) is 28.0. The number of aromatic nitrogens is 2. The van der Waals surface area contributed by atoms with Crippen molar-refractivity contribution < 1.29 is 22.3 Å². The number of hydrogen-bond donors (Lipinski definition) is 2. The predicted octanol–water partition coefficient (Wildman–Crippen LogP) is 2.80. The first-order chi connectivity index (χ1) is 12.6. The number of aliphatic hydroxyl groups excluding tert-OH is 1. The molecule has 1 aromatic heterocycles. The van der Waals surface area contributed by atoms with E-state index in [2.05, 4.69) is 10.2 Å². The summed E-state index contributed by atoms with van der Waals surface area (Å²) in [4.78, 5) is 0. The van der Waals surface area contributed by atoms with Crippen LogP contribution in [0.3, 0.4) is 0 Å². The summed E-state index contributed by atoms with van der Waals surface area (Å²) in [5.74, 6) is -5.47. The number of nitrogens with zero attached hydrogens (tertiary/aromatic N) is 2. The molecule has 6 nitrogen and oxygen atoms in total. The summed E-state index contributed by atoms with van der Waals surface area (Å²) in [5, 5.41) is 17.9. The fourth-order valence-corrected chi connectivity index (χ4v) is 5.89. The lowest BCUT2D eigenvalue weighted by atomic mass is 9.77. The monoisotopic (exact) mass is 419 g/mol. The van der Waals surface area contributed by atoms with E-state index in [0.29, 0.717) is 23.7 Å². The first-order valence-electron chi connectivity index (χ1n) is 8.72. The lowest BCUT2D eigenvalue weighted by Crippen LogP contribution is -2.51. The SMILES string of the molecule is CS(=O)(=O)N1C[C@H]2CC[C@@H](C1)C2C(F)(F)C(O)c1cc(Cl)cc2cn[nH]c12. The zero-order valence-electron chi connectivity index (χ0n) is 14.6. The zero-order valence-corrected chi connectivity index (χ0v) is 16.1. The molecule has 2 aromatic rings. The van der Waals surface area contributed by atoms with Gasteiger partial charge in [-0.15, -0.1) is 0 Å². The van der Waals surface area contributed by atoms with Gasteiger partial charge in [-0.2, -0.15) is 5.10 Å². The van der Waals surface area contributed by atoms with Gasteiger partial charge in [0.2, 0.25) is 10.0 Å². The van der Waals surface area contributed by atoms with Gasteiger partial charge in [0, 0.05) is 35.0 Å². The number of aliphatic hydroxyl groups is 1. The minimum atomic E-state index is -3.42. The number of benzene rings is 1. The largest absolute Gasteiger partial charge is 0.382 e. The van der Waals surface area contributed by atoms with Crippen molar-refractivity contribution >= 4 is 32.5 Å². The molecular formula is C17H20ClF2N3O3S. The third-order valence-electron chi connectivity index (χ3n) is 5.92. The molecule has 10 heteroatoms. The number of nitrogens with one attached hydrogen (secondary N) is 1. The second kappa shape index (κ2) is 6.37. The number of aromatic amines is 1. The highest BCUT2D eigenvalue weighted by atomic mass is 35.5. The summed E-state index contributed by atoms with van der Waals surface area (Å²) in [5.41, 5.74) is 0.331. The Morgan fingerprint density at radius 3 is 2.56 bits per heavy atom. The Morgan fingerprint density at radius 1 is 1.33 bits per heavy atom. The zero-order chi connectivity index (χ0) is 19.6. The van der Waals surface area contributed by atoms with Gasteiger partial charge < -0.3 is 5.11 Å². The fourth-order valence-electron chi connectivity index (χ4n) is 4.73. The molecule has 2 unspecified atom stereocenters. The van der Waals surface area contributed by atoms with Crippen LogP contribution in [0.15, 0.2) is 18.3 Å². The Morgan fingerprint density at radius 2 is 1.96 bits per heavy atom. The maximum atomic E-state index is 15.4. The molecule has 2 N–H and O–H groups in total. The molecular weight excluding hydrogens is 400 g/mol. The lowest BCUT2D eigenvalue weighted by molar-refractivity contribution is -0.176. The van der Waals surface area contributed by atoms with Gasteiger partial charge in [0.05, 0.1) is 18.0 Å². The highest BCUT2D eigenvalue weighted by Gasteiger charge is 2.59. The Balaban J connectivity index is 1.68. The molecule has 148 valence electrons. The van der Waals surface area contributed by atoms with Gasteiger partial charge in [-0.3, -0.25) is 5.10 Å². The molecule has 4 atom stereocenters. The average Bonchev–Trinajstić information content (AvgIpc) is 3.14. The van der Waals surface area contributed by atoms with Crippen LogP contribution in [0.25, 0.3) is 10.9 Å². The van der Waals surface area contributed by atoms with Gasteiger partial charge in [-0.05, 0) is 36.8 Å². The summed E-state index contributed by atoms with van der Waals surface area (Å²) >= 11 is 6.03. The first kappa shape index (κ1) is 19.0. The van der Waals surface area contributed by atoms with Crippen LogP contribution in [0.1, 0.15) is 24.5 Å². The number of sulfonamides is 1. The van der Waals surface area contributed by atoms with Crippen LogP contribution in [0.4, 0.5) is 8.78 Å². The van der Waals surface area contributed by atoms with E-state index in [9.17, 15) is 13.5 Å². The summed E-state index contributed by atoms with van der Waals surface area (Å²) < 4.78 is 55.8. The summed E-state index contributed by atoms with van der Waals surface area (Å²) in [6.07, 6.45) is 1.55. The molecule has 1 aliphatic carbocycles. The predicted molar refractivity (Wildman–Crippen MR) is 97.1 cm³/mol. The number of rotatable bonds is 4. The van der Waals surface area contributed by atoms with Crippen molar-refractivity contribution in [3.05, 3.63) is 28.9 Å². The smallest absolute Gasteiger partial charge is 0.281 e. The molecule has 1 saturated carbocycles. The fraction of sp³-hybridized carbons (Fsp3) is 0.588. The number of alkyl halides is 2. The lowest BCUT2D eigenvalue weighted by Gasteiger charge is -2.42. The van der Waals surface area contributed by atoms with Crippen LogP contribution in [-0.2, 0) is 10.0 Å². The van der Waals surface area contributed by atoms with E-state index >= 15 is 8.78 Å². The highest BCUT2D eigenvalue weighted by Crippen LogP contribution is 2.54. The Hall–Kier alpha value is -1.29. The molecule has 2 heterocycles. The molecule has 1 aliphatic heterocycles. The Bertz CT molecular complexity index is 967. The number of fused-ring (bicyclic) bond motifs is 3. The van der Waals surface area contributed by atoms with E-state index in [1.54, 1.807) is 6.07 Å². The standard InChI is InChI=1S/C17H20ClF2N3O3S/c1-27(25,26)23-7-9-2-3-10(8-23)14(9)17(19,20)16(24)13-5-12(18)4-11-6-21-22-15(11)13/h4-6,9-10,14,16,24H,2-3,7-8H2,1H3,(H,21,22)/t9-,10+,14?,16?. The number of piperidine rings is 1. The van der Waals surface area contributed by atoms with Crippen molar-refractivity contribution in [2.24, 2.45) is 17.8 Å². The maximum absolute atomic E-state index is 15.4. The third-order valence-corrected chi connectivity index (χ3v) is 7.37. The minimum absolute atomic E-state index is 0.00458. The first-order valence-corrected chi connectivity index (χ1v) is 10.9. The maximum Gasteiger partial charge on any atom is 0.281 e. The molecule has 4 rings (SSSR count). The highest BCUT2D eigenvalue weighted by molar-refractivity contribution is 7.88. The summed E-state index contributed by atoms with van der Waals surface area (Å²) in [6.45, 7) is 0.134. The molecule has 1 saturated heterocycles. The second-order valence-electron chi connectivity index (χ2n) is 7.61. The molecule has 27 heavy (non-hydrogen) atoms. The van der Waals surface area contributed by atoms with Crippen LogP contribution in [-0.4, -0.2) is 53.3 Å². The van der Waals surface area contributed by atoms with Crippen molar-refractivity contribution in [2.45, 2.75) is 24.9 Å². The molecule has 2 fully saturated rings. The van der Waals surface area contributed by atoms with Gasteiger partial charge >= 0.3 is 0 Å². The van der Waals surface area contributed by atoms with Gasteiger partial charge in [-0.1, -0.05) is 11.6 Å². The van der Waals surface area contributed by atoms with Crippen LogP contribution in [0.5, 0.6) is 0 Å². The van der Waals surface area contributed by atoms with E-state index in [1.165, 1.54) is 16.6 Å². The second-order valence-corrected chi connectivity index (χ2v) is 10.0. The Labute approximate surface area is 160 Å². The van der Waals surface area contributed by atoms with Crippen LogP contribution in [0, 0.1) is 17.8 Å². The molecule has 0 spiro atoms. The average molecular weight is 420 g/mol. The van der Waals surface area contributed by atoms with E-state index in [4.69, 9.17) is 11.6 Å². The van der Waals surface area contributed by atoms with Gasteiger partial charge in [0.25, 0.3) is 5.92 Å². The van der Waals surface area contributed by atoms with E-state index in [0.717, 1.165) is 6.26 Å². The van der Waals surface area contributed by atoms with Crippen molar-refractivity contribution in [1.82, 2.24) is 14.5 Å².